The van der Waals surface area contributed by atoms with E-state index in [9.17, 15) is 9.90 Å². The van der Waals surface area contributed by atoms with Crippen molar-refractivity contribution in [2.75, 3.05) is 13.6 Å². The number of nitrogens with one attached hydrogen (secondary N) is 1. The fourth-order valence-corrected chi connectivity index (χ4v) is 4.14. The number of aliphatic hydroxyl groups is 1. The number of nitrogens with zero attached hydrogens (tertiary/aromatic N) is 1. The first-order valence-electron chi connectivity index (χ1n) is 7.65. The minimum Gasteiger partial charge on any atom is -0.393 e. The van der Waals surface area contributed by atoms with Crippen molar-refractivity contribution < 1.29 is 9.90 Å². The molecule has 0 radical (unpaired) electrons. The average Bonchev–Trinajstić information content (AvgIpc) is 2.95. The first-order valence-corrected chi connectivity index (χ1v) is 8.46. The Labute approximate surface area is 131 Å². The van der Waals surface area contributed by atoms with E-state index in [-0.39, 0.29) is 24.1 Å². The zero-order chi connectivity index (χ0) is 15.6. The van der Waals surface area contributed by atoms with Crippen molar-refractivity contribution in [3.63, 3.8) is 0 Å². The Morgan fingerprint density at radius 3 is 2.76 bits per heavy atom. The van der Waals surface area contributed by atoms with Crippen LogP contribution < -0.4 is 5.32 Å². The van der Waals surface area contributed by atoms with Gasteiger partial charge in [0.2, 0.25) is 0 Å². The summed E-state index contributed by atoms with van der Waals surface area (Å²) in [5.41, 5.74) is 1.19. The van der Waals surface area contributed by atoms with Gasteiger partial charge in [-0.1, -0.05) is 6.42 Å². The maximum absolute atomic E-state index is 12.3. The van der Waals surface area contributed by atoms with Gasteiger partial charge in [0.25, 0.3) is 0 Å². The summed E-state index contributed by atoms with van der Waals surface area (Å²) in [6.07, 6.45) is 2.69. The van der Waals surface area contributed by atoms with Gasteiger partial charge in [-0.3, -0.25) is 0 Å². The van der Waals surface area contributed by atoms with Crippen molar-refractivity contribution in [2.45, 2.75) is 52.2 Å². The van der Waals surface area contributed by atoms with Gasteiger partial charge in [-0.05, 0) is 45.2 Å². The molecule has 1 aromatic rings. The SMILES string of the molecule is Cc1cc(C(C)NC(=O)N(C)CC2CCCC2O)c(C)s1. The number of carbonyl (C=O) groups excluding carboxylic acids is 1. The zero-order valence-corrected chi connectivity index (χ0v) is 14.2. The van der Waals surface area contributed by atoms with Crippen LogP contribution in [0.15, 0.2) is 6.07 Å². The fourth-order valence-electron chi connectivity index (χ4n) is 3.12. The molecule has 0 aromatic carbocycles. The van der Waals surface area contributed by atoms with Gasteiger partial charge in [0.1, 0.15) is 0 Å². The van der Waals surface area contributed by atoms with Crippen LogP contribution in [0.5, 0.6) is 0 Å². The predicted octanol–water partition coefficient (Wildman–Crippen LogP) is 3.23. The first kappa shape index (κ1) is 16.3. The molecule has 0 spiro atoms. The molecule has 118 valence electrons. The number of hydrogen-bond acceptors (Lipinski definition) is 3. The van der Waals surface area contributed by atoms with E-state index in [0.717, 1.165) is 19.3 Å². The number of aliphatic hydroxyl groups excluding tert-OH is 1. The van der Waals surface area contributed by atoms with Crippen LogP contribution in [0.2, 0.25) is 0 Å². The van der Waals surface area contributed by atoms with Crippen LogP contribution in [0.25, 0.3) is 0 Å². The van der Waals surface area contributed by atoms with E-state index in [1.807, 2.05) is 6.92 Å². The molecule has 1 aliphatic carbocycles. The van der Waals surface area contributed by atoms with Crippen molar-refractivity contribution >= 4 is 17.4 Å². The van der Waals surface area contributed by atoms with E-state index in [2.05, 4.69) is 25.2 Å². The quantitative estimate of drug-likeness (QED) is 0.897. The number of urea groups is 1. The molecule has 2 N–H and O–H groups in total. The topological polar surface area (TPSA) is 52.6 Å². The Bertz CT molecular complexity index is 500. The molecule has 1 aliphatic rings. The summed E-state index contributed by atoms with van der Waals surface area (Å²) in [6, 6.07) is 2.09. The number of carbonyl (C=O) groups is 1. The van der Waals surface area contributed by atoms with Crippen molar-refractivity contribution in [2.24, 2.45) is 5.92 Å². The molecule has 3 atom stereocenters. The number of hydrogen-bond donors (Lipinski definition) is 2. The lowest BCUT2D eigenvalue weighted by molar-refractivity contribution is 0.113. The van der Waals surface area contributed by atoms with E-state index < -0.39 is 0 Å². The normalized spacial score (nSPS) is 23.1. The van der Waals surface area contributed by atoms with E-state index in [4.69, 9.17) is 0 Å². The Balaban J connectivity index is 1.89. The second kappa shape index (κ2) is 6.79. The highest BCUT2D eigenvalue weighted by molar-refractivity contribution is 7.12. The zero-order valence-electron chi connectivity index (χ0n) is 13.3. The monoisotopic (exact) mass is 310 g/mol. The van der Waals surface area contributed by atoms with Gasteiger partial charge in [0.15, 0.2) is 0 Å². The minimum absolute atomic E-state index is 0.0124. The first-order chi connectivity index (χ1) is 9.88. The third-order valence-electron chi connectivity index (χ3n) is 4.36. The van der Waals surface area contributed by atoms with Gasteiger partial charge in [-0.25, -0.2) is 4.79 Å². The molecule has 21 heavy (non-hydrogen) atoms. The van der Waals surface area contributed by atoms with Crippen LogP contribution in [-0.4, -0.2) is 35.7 Å². The van der Waals surface area contributed by atoms with Crippen LogP contribution >= 0.6 is 11.3 Å². The van der Waals surface area contributed by atoms with Crippen LogP contribution in [0, 0.1) is 19.8 Å². The molecule has 2 amide bonds. The molecule has 0 saturated heterocycles. The van der Waals surface area contributed by atoms with Gasteiger partial charge in [-0.2, -0.15) is 0 Å². The fraction of sp³-hybridized carbons (Fsp3) is 0.688. The molecule has 0 bridgehead atoms. The van der Waals surface area contributed by atoms with E-state index in [1.54, 1.807) is 23.3 Å². The molecule has 1 fully saturated rings. The molecular weight excluding hydrogens is 284 g/mol. The summed E-state index contributed by atoms with van der Waals surface area (Å²) in [6.45, 7) is 6.82. The number of amides is 2. The molecule has 4 nitrogen and oxygen atoms in total. The summed E-state index contributed by atoms with van der Waals surface area (Å²) < 4.78 is 0. The molecule has 3 unspecified atom stereocenters. The summed E-state index contributed by atoms with van der Waals surface area (Å²) in [5.74, 6) is 0.223. The van der Waals surface area contributed by atoms with Gasteiger partial charge in [0, 0.05) is 29.3 Å². The standard InChI is InChI=1S/C16H26N2O2S/c1-10-8-14(12(3)21-10)11(2)17-16(20)18(4)9-13-6-5-7-15(13)19/h8,11,13,15,19H,5-7,9H2,1-4H3,(H,17,20). The molecule has 1 heterocycles. The summed E-state index contributed by atoms with van der Waals surface area (Å²) in [7, 11) is 1.80. The highest BCUT2D eigenvalue weighted by Gasteiger charge is 2.27. The number of rotatable bonds is 4. The lowest BCUT2D eigenvalue weighted by atomic mass is 10.1. The van der Waals surface area contributed by atoms with Gasteiger partial charge < -0.3 is 15.3 Å². The third-order valence-corrected chi connectivity index (χ3v) is 5.34. The van der Waals surface area contributed by atoms with Crippen LogP contribution in [0.3, 0.4) is 0 Å². The largest absolute Gasteiger partial charge is 0.393 e. The Morgan fingerprint density at radius 1 is 1.52 bits per heavy atom. The van der Waals surface area contributed by atoms with Gasteiger partial charge in [0.05, 0.1) is 12.1 Å². The predicted molar refractivity (Wildman–Crippen MR) is 86.7 cm³/mol. The number of aryl methyl sites for hydroxylation is 2. The molecular formula is C16H26N2O2S. The Hall–Kier alpha value is -1.07. The maximum atomic E-state index is 12.3. The van der Waals surface area contributed by atoms with Crippen LogP contribution in [0.1, 0.15) is 47.5 Å². The molecule has 5 heteroatoms. The molecule has 0 aliphatic heterocycles. The smallest absolute Gasteiger partial charge is 0.317 e. The van der Waals surface area contributed by atoms with Gasteiger partial charge >= 0.3 is 6.03 Å². The third kappa shape index (κ3) is 3.98. The maximum Gasteiger partial charge on any atom is 0.317 e. The molecule has 1 saturated carbocycles. The number of thiophene rings is 1. The lowest BCUT2D eigenvalue weighted by Crippen LogP contribution is -2.42. The van der Waals surface area contributed by atoms with Crippen molar-refractivity contribution in [3.8, 4) is 0 Å². The molecule has 1 aromatic heterocycles. The van der Waals surface area contributed by atoms with Crippen LogP contribution in [-0.2, 0) is 0 Å². The Kier molecular flexibility index (Phi) is 5.27. The summed E-state index contributed by atoms with van der Waals surface area (Å²) in [5, 5.41) is 12.9. The highest BCUT2D eigenvalue weighted by Crippen LogP contribution is 2.27. The van der Waals surface area contributed by atoms with Gasteiger partial charge in [-0.15, -0.1) is 11.3 Å². The summed E-state index contributed by atoms with van der Waals surface area (Å²) in [4.78, 5) is 16.5. The second-order valence-corrected chi connectivity index (χ2v) is 7.64. The van der Waals surface area contributed by atoms with E-state index in [1.165, 1.54) is 15.3 Å². The second-order valence-electron chi connectivity index (χ2n) is 6.18. The summed E-state index contributed by atoms with van der Waals surface area (Å²) >= 11 is 1.76. The Morgan fingerprint density at radius 2 is 2.24 bits per heavy atom. The van der Waals surface area contributed by atoms with Crippen molar-refractivity contribution in [1.82, 2.24) is 10.2 Å². The van der Waals surface area contributed by atoms with E-state index in [0.29, 0.717) is 6.54 Å². The van der Waals surface area contributed by atoms with Crippen molar-refractivity contribution in [1.29, 1.82) is 0 Å². The minimum atomic E-state index is -0.251. The average molecular weight is 310 g/mol. The van der Waals surface area contributed by atoms with E-state index >= 15 is 0 Å². The molecule has 2 rings (SSSR count). The van der Waals surface area contributed by atoms with Crippen LogP contribution in [0.4, 0.5) is 4.79 Å². The lowest BCUT2D eigenvalue weighted by Gasteiger charge is -2.25. The van der Waals surface area contributed by atoms with Crippen molar-refractivity contribution in [3.05, 3.63) is 21.4 Å². The highest BCUT2D eigenvalue weighted by atomic mass is 32.1.